The van der Waals surface area contributed by atoms with Gasteiger partial charge in [0.15, 0.2) is 0 Å². The zero-order chi connectivity index (χ0) is 31.6. The molecule has 0 N–H and O–H groups in total. The Morgan fingerprint density at radius 1 is 0.391 bits per heavy atom. The molecule has 5 aromatic carbocycles. The molecule has 46 heavy (non-hydrogen) atoms. The van der Waals surface area contributed by atoms with Crippen molar-refractivity contribution in [3.8, 4) is 68.1 Å². The Bertz CT molecular complexity index is 2030. The Labute approximate surface area is 259 Å². The summed E-state index contributed by atoms with van der Waals surface area (Å²) < 4.78 is 11.7. The van der Waals surface area contributed by atoms with Crippen LogP contribution < -0.4 is 0 Å². The fourth-order valence-corrected chi connectivity index (χ4v) is 4.94. The van der Waals surface area contributed by atoms with Crippen molar-refractivity contribution in [2.45, 2.75) is 0 Å². The molecule has 0 aliphatic heterocycles. The minimum absolute atomic E-state index is 0.0161. The van der Waals surface area contributed by atoms with Gasteiger partial charge >= 0.3 is 0 Å². The number of benzene rings is 5. The summed E-state index contributed by atoms with van der Waals surface area (Å²) in [5.41, 5.74) is 6.64. The average molecular weight is 609 g/mol. The lowest BCUT2D eigenvalue weighted by atomic mass is 9.93. The maximum Gasteiger partial charge on any atom is 0.269 e. The Hall–Kier alpha value is -6.82. The molecule has 2 heterocycles. The molecule has 12 nitrogen and oxygen atoms in total. The number of nitrogens with zero attached hydrogens (tertiary/aromatic N) is 6. The first kappa shape index (κ1) is 28.0. The summed E-state index contributed by atoms with van der Waals surface area (Å²) in [6.07, 6.45) is 0. The lowest BCUT2D eigenvalue weighted by molar-refractivity contribution is -0.385. The van der Waals surface area contributed by atoms with Crippen molar-refractivity contribution in [2.24, 2.45) is 0 Å². The van der Waals surface area contributed by atoms with Gasteiger partial charge in [-0.1, -0.05) is 48.5 Å². The summed E-state index contributed by atoms with van der Waals surface area (Å²) in [5.74, 6) is 1.21. The molecule has 12 heteroatoms. The van der Waals surface area contributed by atoms with Crippen LogP contribution in [-0.2, 0) is 0 Å². The van der Waals surface area contributed by atoms with E-state index in [1.165, 1.54) is 24.3 Å². The van der Waals surface area contributed by atoms with Crippen LogP contribution in [0.1, 0.15) is 0 Å². The first-order valence-electron chi connectivity index (χ1n) is 13.9. The van der Waals surface area contributed by atoms with Gasteiger partial charge < -0.3 is 8.83 Å². The van der Waals surface area contributed by atoms with E-state index in [4.69, 9.17) is 8.83 Å². The summed E-state index contributed by atoms with van der Waals surface area (Å²) in [4.78, 5) is 20.9. The molecule has 0 bridgehead atoms. The van der Waals surface area contributed by atoms with Crippen LogP contribution in [0.3, 0.4) is 0 Å². The maximum atomic E-state index is 10.9. The van der Waals surface area contributed by atoms with Gasteiger partial charge in [0.25, 0.3) is 11.4 Å². The van der Waals surface area contributed by atoms with E-state index in [1.807, 2.05) is 72.8 Å². The summed E-state index contributed by atoms with van der Waals surface area (Å²) in [7, 11) is 0. The van der Waals surface area contributed by atoms with E-state index in [1.54, 1.807) is 24.3 Å². The van der Waals surface area contributed by atoms with Gasteiger partial charge in [-0.15, -0.1) is 20.4 Å². The second-order valence-corrected chi connectivity index (χ2v) is 10.1. The highest BCUT2D eigenvalue weighted by atomic mass is 16.6. The summed E-state index contributed by atoms with van der Waals surface area (Å²) in [5, 5.41) is 38.4. The van der Waals surface area contributed by atoms with Gasteiger partial charge in [-0.25, -0.2) is 0 Å². The van der Waals surface area contributed by atoms with E-state index < -0.39 is 9.85 Å². The number of hydrogen-bond acceptors (Lipinski definition) is 10. The number of non-ortho nitro benzene ring substituents is 2. The van der Waals surface area contributed by atoms with Crippen LogP contribution in [0.25, 0.3) is 68.1 Å². The lowest BCUT2D eigenvalue weighted by Gasteiger charge is -2.11. The largest absolute Gasteiger partial charge is 0.416 e. The molecule has 0 aliphatic carbocycles. The van der Waals surface area contributed by atoms with Gasteiger partial charge in [0.2, 0.25) is 23.6 Å². The van der Waals surface area contributed by atoms with Gasteiger partial charge in [0.05, 0.1) is 9.85 Å². The van der Waals surface area contributed by atoms with Crippen LogP contribution in [-0.4, -0.2) is 30.2 Å². The molecular weight excluding hydrogens is 588 g/mol. The van der Waals surface area contributed by atoms with Gasteiger partial charge in [-0.05, 0) is 70.8 Å². The van der Waals surface area contributed by atoms with E-state index in [0.717, 1.165) is 33.4 Å². The highest BCUT2D eigenvalue weighted by Crippen LogP contribution is 2.35. The van der Waals surface area contributed by atoms with Crippen LogP contribution >= 0.6 is 0 Å². The van der Waals surface area contributed by atoms with E-state index >= 15 is 0 Å². The van der Waals surface area contributed by atoms with Gasteiger partial charge in [-0.2, -0.15) is 0 Å². The predicted octanol–water partition coefficient (Wildman–Crippen LogP) is 8.27. The van der Waals surface area contributed by atoms with Crippen molar-refractivity contribution in [1.29, 1.82) is 0 Å². The van der Waals surface area contributed by atoms with Crippen molar-refractivity contribution in [3.63, 3.8) is 0 Å². The fourth-order valence-electron chi connectivity index (χ4n) is 4.94. The molecule has 0 fully saturated rings. The molecule has 2 aromatic heterocycles. The van der Waals surface area contributed by atoms with Crippen molar-refractivity contribution < 1.29 is 18.7 Å². The van der Waals surface area contributed by atoms with E-state index in [9.17, 15) is 20.2 Å². The van der Waals surface area contributed by atoms with Crippen LogP contribution in [0.2, 0.25) is 0 Å². The van der Waals surface area contributed by atoms with Crippen molar-refractivity contribution in [2.75, 3.05) is 0 Å². The first-order valence-corrected chi connectivity index (χ1v) is 13.9. The monoisotopic (exact) mass is 608 g/mol. The van der Waals surface area contributed by atoms with E-state index in [0.29, 0.717) is 22.9 Å². The number of nitro groups is 2. The van der Waals surface area contributed by atoms with Gasteiger partial charge in [-0.3, -0.25) is 20.2 Å². The Balaban J connectivity index is 1.10. The Kier molecular flexibility index (Phi) is 7.11. The van der Waals surface area contributed by atoms with Gasteiger partial charge in [0, 0.05) is 46.5 Å². The smallest absolute Gasteiger partial charge is 0.269 e. The minimum Gasteiger partial charge on any atom is -0.416 e. The third kappa shape index (κ3) is 5.49. The minimum atomic E-state index is -0.462. The third-order valence-electron chi connectivity index (χ3n) is 7.31. The number of hydrogen-bond donors (Lipinski definition) is 0. The van der Waals surface area contributed by atoms with E-state index in [-0.39, 0.29) is 23.2 Å². The molecule has 0 aliphatic rings. The van der Waals surface area contributed by atoms with Crippen LogP contribution in [0, 0.1) is 20.2 Å². The molecule has 0 unspecified atom stereocenters. The molecule has 0 saturated heterocycles. The van der Waals surface area contributed by atoms with Crippen molar-refractivity contribution in [3.05, 3.63) is 142 Å². The topological polar surface area (TPSA) is 164 Å². The van der Waals surface area contributed by atoms with Crippen LogP contribution in [0.5, 0.6) is 0 Å². The molecule has 0 amide bonds. The zero-order valence-electron chi connectivity index (χ0n) is 23.7. The molecule has 222 valence electrons. The second-order valence-electron chi connectivity index (χ2n) is 10.1. The molecule has 0 atom stereocenters. The molecular formula is C34H20N6O6. The summed E-state index contributed by atoms with van der Waals surface area (Å²) >= 11 is 0. The number of aromatic nitrogens is 4. The summed E-state index contributed by atoms with van der Waals surface area (Å²) in [6.45, 7) is 0. The normalized spacial score (nSPS) is 11.0. The van der Waals surface area contributed by atoms with Gasteiger partial charge in [0.1, 0.15) is 0 Å². The highest BCUT2D eigenvalue weighted by molar-refractivity contribution is 5.84. The number of nitro benzene ring substituents is 2. The van der Waals surface area contributed by atoms with Crippen molar-refractivity contribution >= 4 is 11.4 Å². The Morgan fingerprint density at radius 3 is 0.935 bits per heavy atom. The van der Waals surface area contributed by atoms with Crippen LogP contribution in [0.15, 0.2) is 130 Å². The Morgan fingerprint density at radius 2 is 0.652 bits per heavy atom. The molecule has 7 rings (SSSR count). The number of rotatable bonds is 8. The standard InChI is InChI=1S/C34H20N6O6/c41-39(42)27-17-13-25(14-18-27)33-37-35-31(45-33)23-9-5-21(6-10-23)29-3-1-2-4-30(29)22-7-11-24(12-8-22)32-36-38-34(46-32)26-15-19-28(20-16-26)40(43)44/h1-20H. The zero-order valence-corrected chi connectivity index (χ0v) is 23.7. The van der Waals surface area contributed by atoms with Crippen LogP contribution in [0.4, 0.5) is 11.4 Å². The average Bonchev–Trinajstić information content (AvgIpc) is 3.80. The molecule has 0 spiro atoms. The molecule has 0 radical (unpaired) electrons. The third-order valence-corrected chi connectivity index (χ3v) is 7.31. The highest BCUT2D eigenvalue weighted by Gasteiger charge is 2.15. The first-order chi connectivity index (χ1) is 22.4. The predicted molar refractivity (Wildman–Crippen MR) is 168 cm³/mol. The lowest BCUT2D eigenvalue weighted by Crippen LogP contribution is -1.87. The maximum absolute atomic E-state index is 10.9. The quantitative estimate of drug-likeness (QED) is 0.121. The molecule has 0 saturated carbocycles. The fraction of sp³-hybridized carbons (Fsp3) is 0. The summed E-state index contributed by atoms with van der Waals surface area (Å²) in [6, 6.07) is 35.5. The van der Waals surface area contributed by atoms with Crippen molar-refractivity contribution in [1.82, 2.24) is 20.4 Å². The molecule has 7 aromatic rings. The second kappa shape index (κ2) is 11.7. The van der Waals surface area contributed by atoms with E-state index in [2.05, 4.69) is 20.4 Å². The SMILES string of the molecule is O=[N+]([O-])c1ccc(-c2nnc(-c3ccc(-c4ccccc4-c4ccc(-c5nnc(-c6ccc([N+](=O)[O-])cc6)o5)cc4)cc3)o2)cc1.